The van der Waals surface area contributed by atoms with E-state index in [2.05, 4.69) is 0 Å². The number of hydrogen-bond acceptors (Lipinski definition) is 3. The lowest BCUT2D eigenvalue weighted by molar-refractivity contribution is 0.292. The predicted octanol–water partition coefficient (Wildman–Crippen LogP) is 3.14. The zero-order valence-electron chi connectivity index (χ0n) is 11.4. The van der Waals surface area contributed by atoms with Crippen molar-refractivity contribution in [3.8, 4) is 11.5 Å². The molecule has 108 valence electrons. The molecule has 0 aliphatic carbocycles. The largest absolute Gasteiger partial charge is 0.493 e. The van der Waals surface area contributed by atoms with E-state index in [4.69, 9.17) is 32.2 Å². The number of nitrogen functional groups attached to an aromatic ring is 1. The van der Waals surface area contributed by atoms with Crippen LogP contribution in [0.15, 0.2) is 36.4 Å². The molecule has 3 rings (SSSR count). The molecule has 5 heteroatoms. The Labute approximate surface area is 127 Å². The van der Waals surface area contributed by atoms with Gasteiger partial charge in [0.25, 0.3) is 0 Å². The van der Waals surface area contributed by atoms with E-state index < -0.39 is 0 Å². The zero-order chi connectivity index (χ0) is 14.8. The van der Waals surface area contributed by atoms with Crippen molar-refractivity contribution in [3.05, 3.63) is 58.1 Å². The van der Waals surface area contributed by atoms with Crippen LogP contribution in [0.3, 0.4) is 0 Å². The van der Waals surface area contributed by atoms with Crippen molar-refractivity contribution in [2.45, 2.75) is 13.0 Å². The van der Waals surface area contributed by atoms with Gasteiger partial charge in [0.15, 0.2) is 0 Å². The van der Waals surface area contributed by atoms with Crippen LogP contribution in [0.4, 0.5) is 0 Å². The SMILES string of the molecule is N=C(N)c1cccc(OCc2cc(Cl)cc3c2OCC3)c1. The predicted molar refractivity (Wildman–Crippen MR) is 82.4 cm³/mol. The fraction of sp³-hybridized carbons (Fsp3) is 0.188. The van der Waals surface area contributed by atoms with E-state index in [1.807, 2.05) is 24.3 Å². The molecular weight excluding hydrogens is 288 g/mol. The van der Waals surface area contributed by atoms with Gasteiger partial charge in [-0.05, 0) is 29.8 Å². The molecule has 0 amide bonds. The average Bonchev–Trinajstić information content (AvgIpc) is 2.93. The molecule has 0 bridgehead atoms. The molecular formula is C16H15ClN2O2. The molecule has 1 heterocycles. The Bertz CT molecular complexity index is 701. The number of rotatable bonds is 4. The Morgan fingerprint density at radius 1 is 1.33 bits per heavy atom. The second-order valence-electron chi connectivity index (χ2n) is 4.88. The number of hydrogen-bond donors (Lipinski definition) is 2. The summed E-state index contributed by atoms with van der Waals surface area (Å²) in [6, 6.07) is 11.0. The highest BCUT2D eigenvalue weighted by atomic mass is 35.5. The summed E-state index contributed by atoms with van der Waals surface area (Å²) in [5.74, 6) is 1.56. The molecule has 0 atom stereocenters. The molecule has 0 radical (unpaired) electrons. The summed E-state index contributed by atoms with van der Waals surface area (Å²) < 4.78 is 11.4. The minimum absolute atomic E-state index is 0.0208. The third-order valence-corrected chi connectivity index (χ3v) is 3.58. The number of benzene rings is 2. The Kier molecular flexibility index (Phi) is 3.71. The first kappa shape index (κ1) is 13.8. The molecule has 4 nitrogen and oxygen atoms in total. The molecule has 1 aliphatic rings. The third kappa shape index (κ3) is 2.95. The van der Waals surface area contributed by atoms with E-state index >= 15 is 0 Å². The monoisotopic (exact) mass is 302 g/mol. The lowest BCUT2D eigenvalue weighted by Gasteiger charge is -2.11. The fourth-order valence-electron chi connectivity index (χ4n) is 2.37. The summed E-state index contributed by atoms with van der Waals surface area (Å²) in [4.78, 5) is 0. The van der Waals surface area contributed by atoms with Crippen molar-refractivity contribution in [2.24, 2.45) is 5.73 Å². The topological polar surface area (TPSA) is 68.3 Å². The summed E-state index contributed by atoms with van der Waals surface area (Å²) in [5, 5.41) is 8.13. The second-order valence-corrected chi connectivity index (χ2v) is 5.32. The first-order valence-corrected chi connectivity index (χ1v) is 7.02. The fourth-order valence-corrected chi connectivity index (χ4v) is 2.63. The number of ether oxygens (including phenoxy) is 2. The normalized spacial score (nSPS) is 12.6. The summed E-state index contributed by atoms with van der Waals surface area (Å²) in [6.07, 6.45) is 0.878. The van der Waals surface area contributed by atoms with Gasteiger partial charge in [0.2, 0.25) is 0 Å². The first-order valence-electron chi connectivity index (χ1n) is 6.65. The van der Waals surface area contributed by atoms with Gasteiger partial charge in [-0.15, -0.1) is 0 Å². The molecule has 21 heavy (non-hydrogen) atoms. The Morgan fingerprint density at radius 3 is 3.00 bits per heavy atom. The third-order valence-electron chi connectivity index (χ3n) is 3.36. The van der Waals surface area contributed by atoms with E-state index in [1.54, 1.807) is 12.1 Å². The number of amidine groups is 1. The highest BCUT2D eigenvalue weighted by Gasteiger charge is 2.17. The van der Waals surface area contributed by atoms with Crippen molar-refractivity contribution >= 4 is 17.4 Å². The maximum atomic E-state index is 7.44. The number of fused-ring (bicyclic) bond motifs is 1. The summed E-state index contributed by atoms with van der Waals surface area (Å²) >= 11 is 6.12. The standard InChI is InChI=1S/C16H15ClN2O2/c17-13-6-10-4-5-20-15(10)12(7-13)9-21-14-3-1-2-11(8-14)16(18)19/h1-3,6-8H,4-5,9H2,(H3,18,19). The maximum absolute atomic E-state index is 7.44. The second kappa shape index (κ2) is 5.66. The van der Waals surface area contributed by atoms with Crippen LogP contribution in [0, 0.1) is 5.41 Å². The number of halogens is 1. The number of nitrogens with one attached hydrogen (secondary N) is 1. The zero-order valence-corrected chi connectivity index (χ0v) is 12.1. The molecule has 2 aromatic rings. The molecule has 0 aromatic heterocycles. The average molecular weight is 303 g/mol. The van der Waals surface area contributed by atoms with Gasteiger partial charge in [-0.25, -0.2) is 0 Å². The minimum atomic E-state index is 0.0208. The first-order chi connectivity index (χ1) is 10.1. The molecule has 0 fully saturated rings. The summed E-state index contributed by atoms with van der Waals surface area (Å²) in [6.45, 7) is 1.05. The molecule has 0 spiro atoms. The maximum Gasteiger partial charge on any atom is 0.129 e. The van der Waals surface area contributed by atoms with Gasteiger partial charge in [-0.3, -0.25) is 5.41 Å². The molecule has 3 N–H and O–H groups in total. The van der Waals surface area contributed by atoms with Crippen LogP contribution in [0.5, 0.6) is 11.5 Å². The van der Waals surface area contributed by atoms with Crippen molar-refractivity contribution in [1.29, 1.82) is 5.41 Å². The van der Waals surface area contributed by atoms with Crippen LogP contribution in [0.25, 0.3) is 0 Å². The van der Waals surface area contributed by atoms with Gasteiger partial charge < -0.3 is 15.2 Å². The lowest BCUT2D eigenvalue weighted by atomic mass is 10.1. The quantitative estimate of drug-likeness (QED) is 0.673. The lowest BCUT2D eigenvalue weighted by Crippen LogP contribution is -2.10. The van der Waals surface area contributed by atoms with Crippen LogP contribution in [-0.2, 0) is 13.0 Å². The highest BCUT2D eigenvalue weighted by molar-refractivity contribution is 6.30. The molecule has 0 saturated carbocycles. The van der Waals surface area contributed by atoms with E-state index in [9.17, 15) is 0 Å². The van der Waals surface area contributed by atoms with E-state index in [-0.39, 0.29) is 5.84 Å². The molecule has 1 aliphatic heterocycles. The number of nitrogens with two attached hydrogens (primary N) is 1. The highest BCUT2D eigenvalue weighted by Crippen LogP contribution is 2.33. The van der Waals surface area contributed by atoms with Crippen molar-refractivity contribution in [1.82, 2.24) is 0 Å². The van der Waals surface area contributed by atoms with Crippen molar-refractivity contribution < 1.29 is 9.47 Å². The van der Waals surface area contributed by atoms with Crippen molar-refractivity contribution in [2.75, 3.05) is 6.61 Å². The Balaban J connectivity index is 1.79. The van der Waals surface area contributed by atoms with Crippen LogP contribution in [0.2, 0.25) is 5.02 Å². The van der Waals surface area contributed by atoms with Gasteiger partial charge in [0.05, 0.1) is 6.61 Å². The summed E-state index contributed by atoms with van der Waals surface area (Å²) in [7, 11) is 0. The van der Waals surface area contributed by atoms with Crippen LogP contribution in [0.1, 0.15) is 16.7 Å². The van der Waals surface area contributed by atoms with E-state index in [1.165, 1.54) is 0 Å². The van der Waals surface area contributed by atoms with Crippen LogP contribution >= 0.6 is 11.6 Å². The molecule has 2 aromatic carbocycles. The minimum Gasteiger partial charge on any atom is -0.493 e. The van der Waals surface area contributed by atoms with Crippen LogP contribution < -0.4 is 15.2 Å². The molecule has 0 saturated heterocycles. The smallest absolute Gasteiger partial charge is 0.129 e. The van der Waals surface area contributed by atoms with Gasteiger partial charge in [0, 0.05) is 22.6 Å². The van der Waals surface area contributed by atoms with E-state index in [0.29, 0.717) is 29.5 Å². The van der Waals surface area contributed by atoms with Gasteiger partial charge >= 0.3 is 0 Å². The Morgan fingerprint density at radius 2 is 2.19 bits per heavy atom. The van der Waals surface area contributed by atoms with Gasteiger partial charge in [0.1, 0.15) is 23.9 Å². The summed E-state index contributed by atoms with van der Waals surface area (Å²) in [5.41, 5.74) is 8.17. The van der Waals surface area contributed by atoms with Gasteiger partial charge in [-0.1, -0.05) is 23.7 Å². The van der Waals surface area contributed by atoms with Crippen LogP contribution in [-0.4, -0.2) is 12.4 Å². The van der Waals surface area contributed by atoms with Crippen molar-refractivity contribution in [3.63, 3.8) is 0 Å². The Hall–Kier alpha value is -2.20. The molecule has 0 unspecified atom stereocenters. The van der Waals surface area contributed by atoms with Gasteiger partial charge in [-0.2, -0.15) is 0 Å². The van der Waals surface area contributed by atoms with E-state index in [0.717, 1.165) is 23.3 Å².